The molecule has 0 aliphatic heterocycles. The monoisotopic (exact) mass is 249 g/mol. The van der Waals surface area contributed by atoms with Gasteiger partial charge in [-0.25, -0.2) is 9.97 Å². The quantitative estimate of drug-likeness (QED) is 0.672. The van der Waals surface area contributed by atoms with Crippen LogP contribution in [0.4, 0.5) is 0 Å². The highest BCUT2D eigenvalue weighted by Gasteiger charge is 2.11. The Morgan fingerprint density at radius 2 is 2.24 bits per heavy atom. The van der Waals surface area contributed by atoms with Crippen molar-refractivity contribution in [2.24, 2.45) is 0 Å². The minimum Gasteiger partial charge on any atom is -0.504 e. The van der Waals surface area contributed by atoms with Gasteiger partial charge in [0.15, 0.2) is 17.1 Å². The molecule has 0 spiro atoms. The van der Waals surface area contributed by atoms with E-state index in [0.717, 1.165) is 5.52 Å². The Bertz CT molecular complexity index is 723. The Balaban J connectivity index is 2.53. The summed E-state index contributed by atoms with van der Waals surface area (Å²) in [6.07, 6.45) is 3.25. The second-order valence-corrected chi connectivity index (χ2v) is 3.92. The molecule has 3 aromatic rings. The molecule has 17 heavy (non-hydrogen) atoms. The molecule has 0 saturated carbocycles. The van der Waals surface area contributed by atoms with E-state index < -0.39 is 0 Å². The van der Waals surface area contributed by atoms with Crippen LogP contribution in [0.15, 0.2) is 24.7 Å². The summed E-state index contributed by atoms with van der Waals surface area (Å²) < 4.78 is 6.85. The van der Waals surface area contributed by atoms with Crippen molar-refractivity contribution >= 4 is 28.2 Å². The number of nitrogens with zero attached hydrogens (tertiary/aromatic N) is 3. The molecule has 86 valence electrons. The van der Waals surface area contributed by atoms with Gasteiger partial charge in [0.2, 0.25) is 0 Å². The predicted octanol–water partition coefficient (Wildman–Crippen LogP) is 2.25. The summed E-state index contributed by atoms with van der Waals surface area (Å²) in [5, 5.41) is 10.7. The molecule has 0 atom stereocenters. The van der Waals surface area contributed by atoms with Gasteiger partial charge >= 0.3 is 0 Å². The highest BCUT2D eigenvalue weighted by atomic mass is 35.5. The van der Waals surface area contributed by atoms with Gasteiger partial charge in [-0.3, -0.25) is 4.40 Å². The molecular formula is C11H8ClN3O2. The summed E-state index contributed by atoms with van der Waals surface area (Å²) in [5.74, 6) is 0.415. The molecule has 0 aliphatic carbocycles. The van der Waals surface area contributed by atoms with Gasteiger partial charge in [0.25, 0.3) is 0 Å². The normalized spacial score (nSPS) is 11.2. The van der Waals surface area contributed by atoms with Crippen LogP contribution in [0, 0.1) is 0 Å². The van der Waals surface area contributed by atoms with Gasteiger partial charge in [-0.05, 0) is 6.07 Å². The third kappa shape index (κ3) is 1.39. The van der Waals surface area contributed by atoms with Gasteiger partial charge in [-0.1, -0.05) is 11.6 Å². The lowest BCUT2D eigenvalue weighted by molar-refractivity contribution is 0.374. The number of rotatable bonds is 1. The maximum Gasteiger partial charge on any atom is 0.162 e. The van der Waals surface area contributed by atoms with E-state index in [1.165, 1.54) is 13.2 Å². The number of hydrogen-bond donors (Lipinski definition) is 1. The van der Waals surface area contributed by atoms with E-state index in [9.17, 15) is 5.11 Å². The second-order valence-electron chi connectivity index (χ2n) is 3.57. The fraction of sp³-hybridized carbons (Fsp3) is 0.0909. The fourth-order valence-electron chi connectivity index (χ4n) is 1.80. The lowest BCUT2D eigenvalue weighted by Gasteiger charge is -2.08. The van der Waals surface area contributed by atoms with Gasteiger partial charge in [0, 0.05) is 11.5 Å². The number of ether oxygens (including phenoxy) is 1. The Hall–Kier alpha value is -2.01. The van der Waals surface area contributed by atoms with Crippen LogP contribution in [0.25, 0.3) is 16.6 Å². The zero-order chi connectivity index (χ0) is 12.0. The summed E-state index contributed by atoms with van der Waals surface area (Å²) in [6, 6.07) is 3.23. The Morgan fingerprint density at radius 1 is 1.41 bits per heavy atom. The largest absolute Gasteiger partial charge is 0.504 e. The van der Waals surface area contributed by atoms with E-state index >= 15 is 0 Å². The average molecular weight is 250 g/mol. The van der Waals surface area contributed by atoms with Crippen LogP contribution in [0.1, 0.15) is 0 Å². The van der Waals surface area contributed by atoms with Gasteiger partial charge in [-0.2, -0.15) is 0 Å². The number of fused-ring (bicyclic) bond motifs is 3. The first kappa shape index (κ1) is 10.2. The van der Waals surface area contributed by atoms with Crippen LogP contribution in [-0.2, 0) is 0 Å². The summed E-state index contributed by atoms with van der Waals surface area (Å²) in [6.45, 7) is 0. The topological polar surface area (TPSA) is 59.7 Å². The molecule has 0 unspecified atom stereocenters. The highest BCUT2D eigenvalue weighted by Crippen LogP contribution is 2.33. The zero-order valence-corrected chi connectivity index (χ0v) is 9.64. The van der Waals surface area contributed by atoms with Crippen molar-refractivity contribution < 1.29 is 9.84 Å². The first-order valence-electron chi connectivity index (χ1n) is 4.89. The summed E-state index contributed by atoms with van der Waals surface area (Å²) in [5.41, 5.74) is 1.43. The van der Waals surface area contributed by atoms with Crippen LogP contribution in [-0.4, -0.2) is 26.6 Å². The van der Waals surface area contributed by atoms with Crippen molar-refractivity contribution in [3.8, 4) is 11.5 Å². The van der Waals surface area contributed by atoms with Crippen molar-refractivity contribution in [1.82, 2.24) is 14.4 Å². The molecule has 2 heterocycles. The lowest BCUT2D eigenvalue weighted by atomic mass is 10.2. The summed E-state index contributed by atoms with van der Waals surface area (Å²) in [4.78, 5) is 8.18. The first-order valence-corrected chi connectivity index (χ1v) is 5.27. The standard InChI is InChI=1S/C11H8ClN3O2/c1-17-9-3-7-6(2-8(9)16)11(12)14-10-4-13-5-15(7)10/h2-5,16H,1H3. The van der Waals surface area contributed by atoms with Gasteiger partial charge < -0.3 is 9.84 Å². The van der Waals surface area contributed by atoms with Crippen LogP contribution >= 0.6 is 11.6 Å². The van der Waals surface area contributed by atoms with Gasteiger partial charge in [-0.15, -0.1) is 0 Å². The third-order valence-electron chi connectivity index (χ3n) is 2.61. The SMILES string of the molecule is COc1cc2c(cc1O)c(Cl)nc1cncn12. The number of phenolic OH excluding ortho intramolecular Hbond substituents is 1. The highest BCUT2D eigenvalue weighted by molar-refractivity contribution is 6.34. The Labute approximate surface area is 101 Å². The molecule has 2 aromatic heterocycles. The van der Waals surface area contributed by atoms with E-state index in [0.29, 0.717) is 21.9 Å². The number of imidazole rings is 1. The molecule has 1 N–H and O–H groups in total. The fourth-order valence-corrected chi connectivity index (χ4v) is 2.04. The van der Waals surface area contributed by atoms with Crippen molar-refractivity contribution in [1.29, 1.82) is 0 Å². The molecule has 0 aliphatic rings. The molecule has 0 fully saturated rings. The third-order valence-corrected chi connectivity index (χ3v) is 2.90. The molecular weight excluding hydrogens is 242 g/mol. The van der Waals surface area contributed by atoms with Crippen LogP contribution < -0.4 is 4.74 Å². The number of aromatic nitrogens is 3. The number of aromatic hydroxyl groups is 1. The number of halogens is 1. The van der Waals surface area contributed by atoms with E-state index in [-0.39, 0.29) is 5.75 Å². The van der Waals surface area contributed by atoms with Crippen molar-refractivity contribution in [2.45, 2.75) is 0 Å². The molecule has 1 aromatic carbocycles. The maximum atomic E-state index is 9.72. The van der Waals surface area contributed by atoms with Gasteiger partial charge in [0.05, 0.1) is 18.8 Å². The average Bonchev–Trinajstić information content (AvgIpc) is 2.77. The number of benzene rings is 1. The second kappa shape index (κ2) is 3.49. The summed E-state index contributed by atoms with van der Waals surface area (Å²) >= 11 is 6.06. The zero-order valence-electron chi connectivity index (χ0n) is 8.88. The smallest absolute Gasteiger partial charge is 0.162 e. The molecule has 0 radical (unpaired) electrons. The van der Waals surface area contributed by atoms with E-state index in [2.05, 4.69) is 9.97 Å². The minimum atomic E-state index is 0.0307. The predicted molar refractivity (Wildman–Crippen MR) is 63.7 cm³/mol. The summed E-state index contributed by atoms with van der Waals surface area (Å²) in [7, 11) is 1.49. The van der Waals surface area contributed by atoms with Gasteiger partial charge in [0.1, 0.15) is 11.5 Å². The van der Waals surface area contributed by atoms with Crippen LogP contribution in [0.2, 0.25) is 5.15 Å². The van der Waals surface area contributed by atoms with Crippen LogP contribution in [0.3, 0.4) is 0 Å². The van der Waals surface area contributed by atoms with E-state index in [4.69, 9.17) is 16.3 Å². The molecule has 0 amide bonds. The molecule has 3 rings (SSSR count). The Morgan fingerprint density at radius 3 is 3.00 bits per heavy atom. The van der Waals surface area contributed by atoms with Crippen molar-refractivity contribution in [2.75, 3.05) is 7.11 Å². The molecule has 0 saturated heterocycles. The molecule has 0 bridgehead atoms. The molecule has 5 nitrogen and oxygen atoms in total. The first-order chi connectivity index (χ1) is 8.20. The number of hydrogen-bond acceptors (Lipinski definition) is 4. The number of phenols is 1. The minimum absolute atomic E-state index is 0.0307. The Kier molecular flexibility index (Phi) is 2.09. The van der Waals surface area contributed by atoms with Crippen molar-refractivity contribution in [3.63, 3.8) is 0 Å². The maximum absolute atomic E-state index is 9.72. The molecule has 6 heteroatoms. The van der Waals surface area contributed by atoms with E-state index in [1.54, 1.807) is 23.0 Å². The van der Waals surface area contributed by atoms with Crippen molar-refractivity contribution in [3.05, 3.63) is 29.8 Å². The van der Waals surface area contributed by atoms with E-state index in [1.807, 2.05) is 0 Å². The number of methoxy groups -OCH3 is 1. The lowest BCUT2D eigenvalue weighted by Crippen LogP contribution is -1.93. The van der Waals surface area contributed by atoms with Crippen LogP contribution in [0.5, 0.6) is 11.5 Å².